The molecule has 1 heteroatoms. The van der Waals surface area contributed by atoms with Crippen molar-refractivity contribution in [3.63, 3.8) is 0 Å². The molecule has 0 aromatic carbocycles. The zero-order valence-corrected chi connectivity index (χ0v) is 6.66. The van der Waals surface area contributed by atoms with E-state index in [4.69, 9.17) is 0 Å². The number of aliphatic hydroxyl groups is 1. The van der Waals surface area contributed by atoms with Gasteiger partial charge in [0.1, 0.15) is 0 Å². The van der Waals surface area contributed by atoms with Gasteiger partial charge in [-0.2, -0.15) is 0 Å². The highest BCUT2D eigenvalue weighted by molar-refractivity contribution is 5.26. The fourth-order valence-electron chi connectivity index (χ4n) is 2.35. The summed E-state index contributed by atoms with van der Waals surface area (Å²) in [6, 6.07) is 0. The molecule has 1 nitrogen and oxygen atoms in total. The molecule has 0 aliphatic heterocycles. The molecule has 11 heavy (non-hydrogen) atoms. The first-order valence-electron chi connectivity index (χ1n) is 4.34. The summed E-state index contributed by atoms with van der Waals surface area (Å²) >= 11 is 0. The number of fused-ring (bicyclic) bond motifs is 1. The highest BCUT2D eigenvalue weighted by Crippen LogP contribution is 2.41. The van der Waals surface area contributed by atoms with Crippen LogP contribution < -0.4 is 0 Å². The topological polar surface area (TPSA) is 20.2 Å². The Morgan fingerprint density at radius 2 is 2.27 bits per heavy atom. The maximum absolute atomic E-state index is 9.57. The molecule has 2 rings (SSSR count). The first-order valence-corrected chi connectivity index (χ1v) is 4.34. The van der Waals surface area contributed by atoms with Crippen LogP contribution in [0.3, 0.4) is 0 Å². The lowest BCUT2D eigenvalue weighted by Gasteiger charge is -2.27. The van der Waals surface area contributed by atoms with Gasteiger partial charge in [-0.1, -0.05) is 30.7 Å². The van der Waals surface area contributed by atoms with Gasteiger partial charge in [0.05, 0.1) is 6.10 Å². The Hall–Kier alpha value is -0.560. The first-order chi connectivity index (χ1) is 5.29. The third kappa shape index (κ3) is 1.04. The van der Waals surface area contributed by atoms with Crippen molar-refractivity contribution in [1.29, 1.82) is 0 Å². The van der Waals surface area contributed by atoms with Crippen molar-refractivity contribution in [3.05, 3.63) is 24.3 Å². The van der Waals surface area contributed by atoms with Crippen molar-refractivity contribution in [2.24, 2.45) is 11.8 Å². The number of hydrogen-bond acceptors (Lipinski definition) is 1. The maximum Gasteiger partial charge on any atom is 0.0758 e. The van der Waals surface area contributed by atoms with Crippen LogP contribution in [0.15, 0.2) is 24.3 Å². The number of allylic oxidation sites excluding steroid dienone is 2. The molecular formula is C10H14O. The van der Waals surface area contributed by atoms with Crippen LogP contribution in [0.4, 0.5) is 0 Å². The van der Waals surface area contributed by atoms with E-state index in [1.165, 1.54) is 24.8 Å². The van der Waals surface area contributed by atoms with E-state index in [9.17, 15) is 5.11 Å². The first kappa shape index (κ1) is 7.11. The molecule has 0 saturated heterocycles. The van der Waals surface area contributed by atoms with Gasteiger partial charge in [-0.05, 0) is 24.7 Å². The van der Waals surface area contributed by atoms with Crippen molar-refractivity contribution in [2.45, 2.75) is 25.4 Å². The second kappa shape index (κ2) is 2.49. The van der Waals surface area contributed by atoms with Crippen LogP contribution in [0, 0.1) is 11.8 Å². The minimum absolute atomic E-state index is 0.201. The second-order valence-electron chi connectivity index (χ2n) is 3.63. The fourth-order valence-corrected chi connectivity index (χ4v) is 2.35. The summed E-state index contributed by atoms with van der Waals surface area (Å²) in [6.45, 7) is 3.99. The summed E-state index contributed by atoms with van der Waals surface area (Å²) in [4.78, 5) is 0. The predicted molar refractivity (Wildman–Crippen MR) is 45.1 cm³/mol. The maximum atomic E-state index is 9.57. The minimum Gasteiger partial charge on any atom is -0.389 e. The van der Waals surface area contributed by atoms with Crippen molar-refractivity contribution in [1.82, 2.24) is 0 Å². The molecule has 0 aromatic heterocycles. The molecule has 0 aromatic rings. The van der Waals surface area contributed by atoms with Gasteiger partial charge in [-0.3, -0.25) is 0 Å². The van der Waals surface area contributed by atoms with E-state index in [-0.39, 0.29) is 6.10 Å². The molecule has 3 unspecified atom stereocenters. The summed E-state index contributed by atoms with van der Waals surface area (Å²) in [7, 11) is 0. The average molecular weight is 150 g/mol. The normalized spacial score (nSPS) is 42.6. The Morgan fingerprint density at radius 1 is 1.45 bits per heavy atom. The molecule has 0 spiro atoms. The largest absolute Gasteiger partial charge is 0.389 e. The van der Waals surface area contributed by atoms with Crippen LogP contribution in [0.1, 0.15) is 19.3 Å². The molecule has 0 radical (unpaired) electrons. The third-order valence-corrected chi connectivity index (χ3v) is 2.99. The van der Waals surface area contributed by atoms with Crippen molar-refractivity contribution < 1.29 is 5.11 Å². The zero-order valence-electron chi connectivity index (χ0n) is 6.66. The molecular weight excluding hydrogens is 136 g/mol. The highest BCUT2D eigenvalue weighted by atomic mass is 16.3. The van der Waals surface area contributed by atoms with Crippen molar-refractivity contribution in [3.8, 4) is 0 Å². The predicted octanol–water partition coefficient (Wildman–Crippen LogP) is 1.89. The van der Waals surface area contributed by atoms with Gasteiger partial charge in [0.25, 0.3) is 0 Å². The van der Waals surface area contributed by atoms with Crippen LogP contribution in [-0.4, -0.2) is 11.2 Å². The summed E-state index contributed by atoms with van der Waals surface area (Å²) < 4.78 is 0. The molecule has 2 aliphatic carbocycles. The van der Waals surface area contributed by atoms with Gasteiger partial charge in [-0.25, -0.2) is 0 Å². The Bertz CT molecular complexity index is 205. The Labute approximate surface area is 67.4 Å². The molecule has 1 saturated carbocycles. The molecule has 60 valence electrons. The molecule has 1 N–H and O–H groups in total. The van der Waals surface area contributed by atoms with Crippen LogP contribution >= 0.6 is 0 Å². The van der Waals surface area contributed by atoms with E-state index < -0.39 is 0 Å². The monoisotopic (exact) mass is 150 g/mol. The van der Waals surface area contributed by atoms with E-state index in [1.54, 1.807) is 0 Å². The Balaban J connectivity index is 2.25. The standard InChI is InChI=1S/C10H14O/c1-7-5-6-10(11)9-4-2-3-8(7)9/h5-6,8-11H,1-4H2. The number of rotatable bonds is 0. The van der Waals surface area contributed by atoms with E-state index >= 15 is 0 Å². The van der Waals surface area contributed by atoms with E-state index in [0.29, 0.717) is 11.8 Å². The van der Waals surface area contributed by atoms with Crippen LogP contribution in [0.25, 0.3) is 0 Å². The summed E-state index contributed by atoms with van der Waals surface area (Å²) in [5.74, 6) is 1.06. The van der Waals surface area contributed by atoms with Gasteiger partial charge in [-0.15, -0.1) is 0 Å². The summed E-state index contributed by atoms with van der Waals surface area (Å²) in [5.41, 5.74) is 1.22. The van der Waals surface area contributed by atoms with Crippen LogP contribution in [-0.2, 0) is 0 Å². The number of hydrogen-bond donors (Lipinski definition) is 1. The van der Waals surface area contributed by atoms with E-state index in [0.717, 1.165) is 0 Å². The van der Waals surface area contributed by atoms with Crippen molar-refractivity contribution >= 4 is 0 Å². The lowest BCUT2D eigenvalue weighted by molar-refractivity contribution is 0.132. The molecule has 2 aliphatic rings. The molecule has 3 atom stereocenters. The summed E-state index contributed by atoms with van der Waals surface area (Å²) in [5, 5.41) is 9.57. The molecule has 0 bridgehead atoms. The average Bonchev–Trinajstić information content (AvgIpc) is 2.45. The molecule has 0 amide bonds. The molecule has 1 fully saturated rings. The lowest BCUT2D eigenvalue weighted by Crippen LogP contribution is -2.25. The number of aliphatic hydroxyl groups excluding tert-OH is 1. The highest BCUT2D eigenvalue weighted by Gasteiger charge is 2.34. The fraction of sp³-hybridized carbons (Fsp3) is 0.600. The second-order valence-corrected chi connectivity index (χ2v) is 3.63. The Kier molecular flexibility index (Phi) is 1.61. The zero-order chi connectivity index (χ0) is 7.84. The van der Waals surface area contributed by atoms with Gasteiger partial charge < -0.3 is 5.11 Å². The summed E-state index contributed by atoms with van der Waals surface area (Å²) in [6.07, 6.45) is 7.33. The smallest absolute Gasteiger partial charge is 0.0758 e. The SMILES string of the molecule is C=C1C=CC(O)C2CCCC12. The third-order valence-electron chi connectivity index (χ3n) is 2.99. The van der Waals surface area contributed by atoms with Gasteiger partial charge in [0.15, 0.2) is 0 Å². The molecule has 0 heterocycles. The lowest BCUT2D eigenvalue weighted by atomic mass is 9.81. The van der Waals surface area contributed by atoms with Gasteiger partial charge in [0.2, 0.25) is 0 Å². The van der Waals surface area contributed by atoms with Gasteiger partial charge >= 0.3 is 0 Å². The van der Waals surface area contributed by atoms with E-state index in [2.05, 4.69) is 6.58 Å². The van der Waals surface area contributed by atoms with Crippen LogP contribution in [0.5, 0.6) is 0 Å². The van der Waals surface area contributed by atoms with Gasteiger partial charge in [0, 0.05) is 0 Å². The quantitative estimate of drug-likeness (QED) is 0.559. The Morgan fingerprint density at radius 3 is 3.00 bits per heavy atom. The van der Waals surface area contributed by atoms with Crippen molar-refractivity contribution in [2.75, 3.05) is 0 Å². The van der Waals surface area contributed by atoms with E-state index in [1.807, 2.05) is 12.2 Å². The minimum atomic E-state index is -0.201. The van der Waals surface area contributed by atoms with Crippen LogP contribution in [0.2, 0.25) is 0 Å².